The largest absolute Gasteiger partial charge is 0.508 e. The minimum absolute atomic E-state index is 0.192. The molecule has 104 valence electrons. The number of urea groups is 1. The van der Waals surface area contributed by atoms with Crippen LogP contribution in [0.15, 0.2) is 48.5 Å². The number of benzene rings is 2. The molecule has 0 spiro atoms. The molecule has 0 heterocycles. The van der Waals surface area contributed by atoms with Crippen LogP contribution in [0.4, 0.5) is 10.5 Å². The summed E-state index contributed by atoms with van der Waals surface area (Å²) in [6.07, 6.45) is 0.794. The van der Waals surface area contributed by atoms with Crippen molar-refractivity contribution in [3.8, 4) is 5.75 Å². The Balaban J connectivity index is 1.81. The maximum absolute atomic E-state index is 11.8. The summed E-state index contributed by atoms with van der Waals surface area (Å²) in [5, 5.41) is 14.9. The molecule has 4 heteroatoms. The third kappa shape index (κ3) is 4.02. The Bertz CT molecular complexity index is 582. The molecule has 2 aromatic rings. The number of rotatable bonds is 4. The summed E-state index contributed by atoms with van der Waals surface area (Å²) in [6, 6.07) is 14.6. The van der Waals surface area contributed by atoms with Gasteiger partial charge in [-0.15, -0.1) is 0 Å². The van der Waals surface area contributed by atoms with Gasteiger partial charge in [-0.2, -0.15) is 0 Å². The maximum atomic E-state index is 11.8. The highest BCUT2D eigenvalue weighted by Gasteiger charge is 2.04. The Morgan fingerprint density at radius 2 is 1.90 bits per heavy atom. The molecule has 0 saturated carbocycles. The molecule has 20 heavy (non-hydrogen) atoms. The van der Waals surface area contributed by atoms with Crippen LogP contribution in [0.5, 0.6) is 5.75 Å². The SMILES string of the molecule is Cc1cc(O)ccc1NC(=O)NCCc1ccccc1. The summed E-state index contributed by atoms with van der Waals surface area (Å²) in [5.41, 5.74) is 2.71. The van der Waals surface area contributed by atoms with Crippen LogP contribution in [0.2, 0.25) is 0 Å². The fourth-order valence-corrected chi connectivity index (χ4v) is 1.92. The van der Waals surface area contributed by atoms with Crippen molar-refractivity contribution in [3.05, 3.63) is 59.7 Å². The van der Waals surface area contributed by atoms with E-state index < -0.39 is 0 Å². The van der Waals surface area contributed by atoms with Gasteiger partial charge in [0.25, 0.3) is 0 Å². The van der Waals surface area contributed by atoms with E-state index in [1.807, 2.05) is 37.3 Å². The number of aryl methyl sites for hydroxylation is 1. The van der Waals surface area contributed by atoms with Crippen LogP contribution in [-0.2, 0) is 6.42 Å². The molecule has 0 radical (unpaired) electrons. The molecule has 0 aliphatic heterocycles. The van der Waals surface area contributed by atoms with E-state index in [1.54, 1.807) is 18.2 Å². The first kappa shape index (κ1) is 13.9. The van der Waals surface area contributed by atoms with E-state index in [4.69, 9.17) is 0 Å². The normalized spacial score (nSPS) is 10.1. The lowest BCUT2D eigenvalue weighted by Crippen LogP contribution is -2.30. The highest BCUT2D eigenvalue weighted by atomic mass is 16.3. The second-order valence-electron chi connectivity index (χ2n) is 4.62. The molecule has 2 aromatic carbocycles. The molecule has 0 fully saturated rings. The monoisotopic (exact) mass is 270 g/mol. The van der Waals surface area contributed by atoms with Gasteiger partial charge in [0.05, 0.1) is 0 Å². The van der Waals surface area contributed by atoms with Crippen molar-refractivity contribution in [1.29, 1.82) is 0 Å². The van der Waals surface area contributed by atoms with Crippen LogP contribution in [0.3, 0.4) is 0 Å². The van der Waals surface area contributed by atoms with Gasteiger partial charge in [0, 0.05) is 12.2 Å². The summed E-state index contributed by atoms with van der Waals surface area (Å²) in [5.74, 6) is 0.192. The summed E-state index contributed by atoms with van der Waals surface area (Å²) >= 11 is 0. The topological polar surface area (TPSA) is 61.4 Å². The van der Waals surface area contributed by atoms with Gasteiger partial charge in [0.15, 0.2) is 0 Å². The quantitative estimate of drug-likeness (QED) is 0.748. The van der Waals surface area contributed by atoms with Crippen molar-refractivity contribution < 1.29 is 9.90 Å². The molecule has 0 saturated heterocycles. The molecule has 0 aromatic heterocycles. The third-order valence-corrected chi connectivity index (χ3v) is 3.00. The molecule has 0 aliphatic carbocycles. The minimum Gasteiger partial charge on any atom is -0.508 e. The third-order valence-electron chi connectivity index (χ3n) is 3.00. The van der Waals surface area contributed by atoms with Gasteiger partial charge in [-0.3, -0.25) is 0 Å². The van der Waals surface area contributed by atoms with Gasteiger partial charge in [-0.05, 0) is 42.7 Å². The molecule has 4 nitrogen and oxygen atoms in total. The summed E-state index contributed by atoms with van der Waals surface area (Å²) in [7, 11) is 0. The van der Waals surface area contributed by atoms with Crippen LogP contribution in [0, 0.1) is 6.92 Å². The van der Waals surface area contributed by atoms with E-state index in [0.29, 0.717) is 12.2 Å². The standard InChI is InChI=1S/C16H18N2O2/c1-12-11-14(19)7-8-15(12)18-16(20)17-10-9-13-5-3-2-4-6-13/h2-8,11,19H,9-10H2,1H3,(H2,17,18,20). The van der Waals surface area contributed by atoms with E-state index >= 15 is 0 Å². The summed E-state index contributed by atoms with van der Waals surface area (Å²) in [6.45, 7) is 2.41. The number of carbonyl (C=O) groups excluding carboxylic acids is 1. The Morgan fingerprint density at radius 3 is 2.60 bits per heavy atom. The Morgan fingerprint density at radius 1 is 1.15 bits per heavy atom. The molecule has 0 atom stereocenters. The number of nitrogens with one attached hydrogen (secondary N) is 2. The van der Waals surface area contributed by atoms with Gasteiger partial charge < -0.3 is 15.7 Å². The average Bonchev–Trinajstić information content (AvgIpc) is 2.43. The predicted octanol–water partition coefficient (Wildman–Crippen LogP) is 3.06. The maximum Gasteiger partial charge on any atom is 0.319 e. The zero-order valence-corrected chi connectivity index (χ0v) is 11.4. The van der Waals surface area contributed by atoms with Crippen LogP contribution < -0.4 is 10.6 Å². The lowest BCUT2D eigenvalue weighted by Gasteiger charge is -2.10. The van der Waals surface area contributed by atoms with Crippen molar-refractivity contribution in [3.63, 3.8) is 0 Å². The van der Waals surface area contributed by atoms with Crippen LogP contribution in [0.1, 0.15) is 11.1 Å². The number of carbonyl (C=O) groups is 1. The fraction of sp³-hybridized carbons (Fsp3) is 0.188. The smallest absolute Gasteiger partial charge is 0.319 e. The van der Waals surface area contributed by atoms with Crippen molar-refractivity contribution in [2.45, 2.75) is 13.3 Å². The van der Waals surface area contributed by atoms with E-state index in [2.05, 4.69) is 10.6 Å². The van der Waals surface area contributed by atoms with Crippen LogP contribution in [0.25, 0.3) is 0 Å². The van der Waals surface area contributed by atoms with E-state index in [0.717, 1.165) is 12.0 Å². The first-order valence-electron chi connectivity index (χ1n) is 6.53. The predicted molar refractivity (Wildman–Crippen MR) is 80.0 cm³/mol. The van der Waals surface area contributed by atoms with Crippen LogP contribution >= 0.6 is 0 Å². The molecular weight excluding hydrogens is 252 g/mol. The van der Waals surface area contributed by atoms with Gasteiger partial charge in [-0.1, -0.05) is 30.3 Å². The lowest BCUT2D eigenvalue weighted by atomic mass is 10.1. The first-order chi connectivity index (χ1) is 9.65. The van der Waals surface area contributed by atoms with Crippen molar-refractivity contribution in [2.75, 3.05) is 11.9 Å². The number of phenols is 1. The number of hydrogen-bond acceptors (Lipinski definition) is 2. The lowest BCUT2D eigenvalue weighted by molar-refractivity contribution is 0.252. The Hall–Kier alpha value is -2.49. The molecule has 3 N–H and O–H groups in total. The van der Waals surface area contributed by atoms with Gasteiger partial charge in [-0.25, -0.2) is 4.79 Å². The highest BCUT2D eigenvalue weighted by molar-refractivity contribution is 5.90. The van der Waals surface area contributed by atoms with Gasteiger partial charge >= 0.3 is 6.03 Å². The van der Waals surface area contributed by atoms with Crippen molar-refractivity contribution in [1.82, 2.24) is 5.32 Å². The molecule has 2 amide bonds. The van der Waals surface area contributed by atoms with E-state index in [1.165, 1.54) is 5.56 Å². The second-order valence-corrected chi connectivity index (χ2v) is 4.62. The van der Waals surface area contributed by atoms with Crippen molar-refractivity contribution >= 4 is 11.7 Å². The number of phenolic OH excluding ortho intramolecular Hbond substituents is 1. The molecule has 0 unspecified atom stereocenters. The van der Waals surface area contributed by atoms with Crippen molar-refractivity contribution in [2.24, 2.45) is 0 Å². The summed E-state index contributed by atoms with van der Waals surface area (Å²) < 4.78 is 0. The summed E-state index contributed by atoms with van der Waals surface area (Å²) in [4.78, 5) is 11.8. The molecule has 0 aliphatic rings. The zero-order valence-electron chi connectivity index (χ0n) is 11.4. The molecule has 2 rings (SSSR count). The fourth-order valence-electron chi connectivity index (χ4n) is 1.92. The second kappa shape index (κ2) is 6.61. The Labute approximate surface area is 118 Å². The number of anilines is 1. The molecular formula is C16H18N2O2. The van der Waals surface area contributed by atoms with Crippen LogP contribution in [-0.4, -0.2) is 17.7 Å². The highest BCUT2D eigenvalue weighted by Crippen LogP contribution is 2.19. The number of amides is 2. The molecule has 0 bridgehead atoms. The first-order valence-corrected chi connectivity index (χ1v) is 6.53. The average molecular weight is 270 g/mol. The number of aromatic hydroxyl groups is 1. The minimum atomic E-state index is -0.241. The van der Waals surface area contributed by atoms with Gasteiger partial charge in [0.1, 0.15) is 5.75 Å². The van der Waals surface area contributed by atoms with Gasteiger partial charge in [0.2, 0.25) is 0 Å². The zero-order chi connectivity index (χ0) is 14.4. The van der Waals surface area contributed by atoms with E-state index in [-0.39, 0.29) is 11.8 Å². The Kier molecular flexibility index (Phi) is 4.60. The number of hydrogen-bond donors (Lipinski definition) is 3. The van der Waals surface area contributed by atoms with E-state index in [9.17, 15) is 9.90 Å².